The van der Waals surface area contributed by atoms with Crippen LogP contribution in [0.4, 0.5) is 5.69 Å². The summed E-state index contributed by atoms with van der Waals surface area (Å²) in [6, 6.07) is 6.29. The number of carbonyl (C=O) groups excluding carboxylic acids is 1. The van der Waals surface area contributed by atoms with Crippen LogP contribution in [-0.2, 0) is 9.59 Å². The van der Waals surface area contributed by atoms with Crippen molar-refractivity contribution in [3.8, 4) is 0 Å². The molecule has 0 aliphatic carbocycles. The van der Waals surface area contributed by atoms with Crippen LogP contribution >= 0.6 is 15.9 Å². The quantitative estimate of drug-likeness (QED) is 0.756. The monoisotopic (exact) mass is 342 g/mol. The molecular formula is C13H15BrN2O4. The van der Waals surface area contributed by atoms with Gasteiger partial charge in [0.1, 0.15) is 6.04 Å². The van der Waals surface area contributed by atoms with Gasteiger partial charge in [0.15, 0.2) is 0 Å². The number of carboxylic acid groups (broad SMARTS) is 1. The fraction of sp³-hybridized carbons (Fsp3) is 0.385. The van der Waals surface area contributed by atoms with E-state index >= 15 is 0 Å². The van der Waals surface area contributed by atoms with Gasteiger partial charge >= 0.3 is 5.97 Å². The third-order valence-corrected chi connectivity index (χ3v) is 3.67. The molecule has 2 atom stereocenters. The van der Waals surface area contributed by atoms with Crippen molar-refractivity contribution in [1.29, 1.82) is 0 Å². The Bertz CT molecular complexity index is 506. The Morgan fingerprint density at radius 2 is 2.00 bits per heavy atom. The summed E-state index contributed by atoms with van der Waals surface area (Å²) >= 11 is 3.30. The first-order chi connectivity index (χ1) is 9.45. The molecule has 108 valence electrons. The van der Waals surface area contributed by atoms with Crippen molar-refractivity contribution < 1.29 is 19.8 Å². The molecule has 1 aromatic carbocycles. The lowest BCUT2D eigenvalue weighted by Crippen LogP contribution is -2.41. The minimum atomic E-state index is -1.02. The van der Waals surface area contributed by atoms with Gasteiger partial charge in [-0.15, -0.1) is 0 Å². The van der Waals surface area contributed by atoms with Gasteiger partial charge in [-0.05, 0) is 24.3 Å². The van der Waals surface area contributed by atoms with E-state index in [9.17, 15) is 14.7 Å². The first-order valence-electron chi connectivity index (χ1n) is 6.16. The van der Waals surface area contributed by atoms with E-state index in [1.165, 1.54) is 4.90 Å². The second-order valence-electron chi connectivity index (χ2n) is 4.73. The van der Waals surface area contributed by atoms with Crippen molar-refractivity contribution in [2.75, 3.05) is 18.4 Å². The number of hydrogen-bond acceptors (Lipinski definition) is 4. The van der Waals surface area contributed by atoms with E-state index in [1.807, 2.05) is 0 Å². The van der Waals surface area contributed by atoms with E-state index in [0.29, 0.717) is 5.69 Å². The number of likely N-dealkylation sites (tertiary alicyclic amines) is 1. The fourth-order valence-corrected chi connectivity index (χ4v) is 2.49. The number of aliphatic hydroxyl groups excluding tert-OH is 1. The van der Waals surface area contributed by atoms with E-state index in [2.05, 4.69) is 21.2 Å². The summed E-state index contributed by atoms with van der Waals surface area (Å²) < 4.78 is 0.907. The highest BCUT2D eigenvalue weighted by molar-refractivity contribution is 9.10. The fourth-order valence-electron chi connectivity index (χ4n) is 2.23. The van der Waals surface area contributed by atoms with E-state index in [0.717, 1.165) is 4.47 Å². The zero-order chi connectivity index (χ0) is 14.7. The summed E-state index contributed by atoms with van der Waals surface area (Å²) in [6.07, 6.45) is -0.544. The average molecular weight is 343 g/mol. The van der Waals surface area contributed by atoms with Gasteiger partial charge in [-0.3, -0.25) is 14.5 Å². The number of β-amino-alcohol motifs (C(OH)–C–C–N with tert-alkyl or cyclic N) is 1. The number of hydrogen-bond donors (Lipinski definition) is 3. The highest BCUT2D eigenvalue weighted by Crippen LogP contribution is 2.18. The molecule has 1 fully saturated rings. The van der Waals surface area contributed by atoms with Crippen LogP contribution in [0.2, 0.25) is 0 Å². The number of benzene rings is 1. The van der Waals surface area contributed by atoms with Crippen molar-refractivity contribution in [2.45, 2.75) is 18.6 Å². The molecule has 1 aliphatic heterocycles. The van der Waals surface area contributed by atoms with Crippen LogP contribution in [0.5, 0.6) is 0 Å². The Balaban J connectivity index is 1.93. The maximum absolute atomic E-state index is 11.9. The van der Waals surface area contributed by atoms with Gasteiger partial charge < -0.3 is 15.5 Å². The predicted molar refractivity (Wildman–Crippen MR) is 76.4 cm³/mol. The Kier molecular flexibility index (Phi) is 4.74. The van der Waals surface area contributed by atoms with Crippen LogP contribution in [0.25, 0.3) is 0 Å². The molecule has 0 saturated carbocycles. The van der Waals surface area contributed by atoms with Crippen LogP contribution in [0.1, 0.15) is 6.42 Å². The van der Waals surface area contributed by atoms with Crippen molar-refractivity contribution in [2.24, 2.45) is 0 Å². The van der Waals surface area contributed by atoms with Gasteiger partial charge in [-0.2, -0.15) is 0 Å². The van der Waals surface area contributed by atoms with Crippen molar-refractivity contribution >= 4 is 33.5 Å². The summed E-state index contributed by atoms with van der Waals surface area (Å²) in [5.74, 6) is -1.31. The minimum absolute atomic E-state index is 0.0515. The molecule has 1 heterocycles. The van der Waals surface area contributed by atoms with Crippen molar-refractivity contribution in [3.05, 3.63) is 28.7 Å². The molecule has 1 aliphatic rings. The summed E-state index contributed by atoms with van der Waals surface area (Å²) in [5.41, 5.74) is 0.643. The van der Waals surface area contributed by atoms with E-state index in [-0.39, 0.29) is 25.4 Å². The summed E-state index contributed by atoms with van der Waals surface area (Å²) in [4.78, 5) is 24.4. The molecule has 6 nitrogen and oxygen atoms in total. The summed E-state index contributed by atoms with van der Waals surface area (Å²) in [7, 11) is 0. The van der Waals surface area contributed by atoms with Gasteiger partial charge in [-0.25, -0.2) is 0 Å². The van der Waals surface area contributed by atoms with Crippen LogP contribution in [0.3, 0.4) is 0 Å². The lowest BCUT2D eigenvalue weighted by atomic mass is 10.2. The zero-order valence-electron chi connectivity index (χ0n) is 10.6. The van der Waals surface area contributed by atoms with Gasteiger partial charge in [0.2, 0.25) is 5.91 Å². The minimum Gasteiger partial charge on any atom is -0.480 e. The lowest BCUT2D eigenvalue weighted by molar-refractivity contribution is -0.142. The van der Waals surface area contributed by atoms with Crippen LogP contribution < -0.4 is 5.32 Å². The average Bonchev–Trinajstić information content (AvgIpc) is 2.73. The maximum atomic E-state index is 11.9. The molecule has 1 amide bonds. The standard InChI is InChI=1S/C13H15BrN2O4/c14-8-1-3-9(4-2-8)15-12(18)7-16-6-10(17)5-11(16)13(19)20/h1-4,10-11,17H,5-7H2,(H,15,18)(H,19,20). The molecule has 1 aromatic rings. The second kappa shape index (κ2) is 6.34. The Morgan fingerprint density at radius 1 is 1.35 bits per heavy atom. The highest BCUT2D eigenvalue weighted by atomic mass is 79.9. The predicted octanol–water partition coefficient (Wildman–Crippen LogP) is 0.907. The molecule has 1 saturated heterocycles. The first kappa shape index (κ1) is 15.0. The van der Waals surface area contributed by atoms with E-state index < -0.39 is 18.1 Å². The molecule has 0 spiro atoms. The van der Waals surface area contributed by atoms with Gasteiger partial charge in [0.05, 0.1) is 12.6 Å². The van der Waals surface area contributed by atoms with E-state index in [4.69, 9.17) is 5.11 Å². The highest BCUT2D eigenvalue weighted by Gasteiger charge is 2.36. The Morgan fingerprint density at radius 3 is 2.60 bits per heavy atom. The molecular weight excluding hydrogens is 328 g/mol. The summed E-state index contributed by atoms with van der Waals surface area (Å²) in [6.45, 7) is 0.148. The molecule has 20 heavy (non-hydrogen) atoms. The van der Waals surface area contributed by atoms with Crippen LogP contribution in [0, 0.1) is 0 Å². The molecule has 0 bridgehead atoms. The normalized spacial score (nSPS) is 22.7. The third kappa shape index (κ3) is 3.78. The van der Waals surface area contributed by atoms with Gasteiger partial charge in [0.25, 0.3) is 0 Å². The molecule has 2 rings (SSSR count). The summed E-state index contributed by atoms with van der Waals surface area (Å²) in [5, 5.41) is 21.2. The number of aliphatic carboxylic acids is 1. The number of carbonyl (C=O) groups is 2. The number of carboxylic acids is 1. The first-order valence-corrected chi connectivity index (χ1v) is 6.95. The molecule has 0 radical (unpaired) electrons. The number of aliphatic hydroxyl groups is 1. The van der Waals surface area contributed by atoms with Gasteiger partial charge in [-0.1, -0.05) is 15.9 Å². The number of nitrogens with zero attached hydrogens (tertiary/aromatic N) is 1. The Hall–Kier alpha value is -1.44. The number of anilines is 1. The number of amides is 1. The largest absolute Gasteiger partial charge is 0.480 e. The topological polar surface area (TPSA) is 89.9 Å². The van der Waals surface area contributed by atoms with Crippen molar-refractivity contribution in [3.63, 3.8) is 0 Å². The number of nitrogens with one attached hydrogen (secondary N) is 1. The number of halogens is 1. The maximum Gasteiger partial charge on any atom is 0.321 e. The van der Waals surface area contributed by atoms with Gasteiger partial charge in [0, 0.05) is 23.1 Å². The molecule has 0 aromatic heterocycles. The van der Waals surface area contributed by atoms with E-state index in [1.54, 1.807) is 24.3 Å². The third-order valence-electron chi connectivity index (χ3n) is 3.14. The lowest BCUT2D eigenvalue weighted by Gasteiger charge is -2.19. The molecule has 2 unspecified atom stereocenters. The Labute approximate surface area is 124 Å². The van der Waals surface area contributed by atoms with Crippen LogP contribution in [-0.4, -0.2) is 52.2 Å². The molecule has 3 N–H and O–H groups in total. The zero-order valence-corrected chi connectivity index (χ0v) is 12.2. The smallest absolute Gasteiger partial charge is 0.321 e. The number of rotatable bonds is 4. The van der Waals surface area contributed by atoms with Crippen molar-refractivity contribution in [1.82, 2.24) is 4.90 Å². The van der Waals surface area contributed by atoms with Crippen LogP contribution in [0.15, 0.2) is 28.7 Å². The second-order valence-corrected chi connectivity index (χ2v) is 5.64. The SMILES string of the molecule is O=C(CN1CC(O)CC1C(=O)O)Nc1ccc(Br)cc1. The molecule has 7 heteroatoms.